The van der Waals surface area contributed by atoms with Crippen LogP contribution in [0.1, 0.15) is 45.0 Å². The van der Waals surface area contributed by atoms with Gasteiger partial charge < -0.3 is 14.8 Å². The normalized spacial score (nSPS) is 18.0. The minimum atomic E-state index is -0.113. The number of nitrogens with one attached hydrogen (secondary N) is 1. The van der Waals surface area contributed by atoms with E-state index in [1.165, 1.54) is 0 Å². The number of carbonyl (C=O) groups excluding carboxylic acids is 1. The minimum Gasteiger partial charge on any atom is -0.346 e. The maximum absolute atomic E-state index is 13.3. The number of piperidine rings is 1. The lowest BCUT2D eigenvalue weighted by Crippen LogP contribution is -2.45. The lowest BCUT2D eigenvalue weighted by Gasteiger charge is -2.33. The number of benzene rings is 1. The lowest BCUT2D eigenvalue weighted by molar-refractivity contribution is -0.126. The molecule has 1 fully saturated rings. The highest BCUT2D eigenvalue weighted by Gasteiger charge is 2.30. The van der Waals surface area contributed by atoms with Gasteiger partial charge in [0.05, 0.1) is 23.0 Å². The summed E-state index contributed by atoms with van der Waals surface area (Å²) in [6, 6.07) is 9.80. The second-order valence-corrected chi connectivity index (χ2v) is 8.54. The van der Waals surface area contributed by atoms with Crippen LogP contribution in [0.15, 0.2) is 42.7 Å². The Kier molecular flexibility index (Phi) is 5.97. The van der Waals surface area contributed by atoms with Crippen molar-refractivity contribution in [1.29, 1.82) is 0 Å². The van der Waals surface area contributed by atoms with Gasteiger partial charge in [-0.2, -0.15) is 0 Å². The van der Waals surface area contributed by atoms with E-state index in [0.29, 0.717) is 18.4 Å². The van der Waals surface area contributed by atoms with Crippen molar-refractivity contribution in [2.75, 3.05) is 18.0 Å². The van der Waals surface area contributed by atoms with E-state index in [9.17, 15) is 4.79 Å². The molecule has 2 aromatic heterocycles. The number of hydrogen-bond donors (Lipinski definition) is 1. The first kappa shape index (κ1) is 20.3. The quantitative estimate of drug-likeness (QED) is 0.678. The number of fused-ring (bicyclic) bond motifs is 1. The van der Waals surface area contributed by atoms with Crippen LogP contribution in [0, 0.1) is 11.8 Å². The molecule has 1 aliphatic heterocycles. The van der Waals surface area contributed by atoms with Gasteiger partial charge in [0.1, 0.15) is 5.82 Å². The van der Waals surface area contributed by atoms with E-state index in [1.54, 1.807) is 12.4 Å². The second kappa shape index (κ2) is 8.81. The molecule has 0 spiro atoms. The number of nitrogens with zero attached hydrogens (tertiary/aromatic N) is 5. The molecule has 1 amide bonds. The average Bonchev–Trinajstić information content (AvgIpc) is 3.10. The van der Waals surface area contributed by atoms with Gasteiger partial charge in [-0.05, 0) is 43.4 Å². The summed E-state index contributed by atoms with van der Waals surface area (Å²) in [4.78, 5) is 28.9. The van der Waals surface area contributed by atoms with Crippen molar-refractivity contribution in [2.24, 2.45) is 18.9 Å². The van der Waals surface area contributed by atoms with Gasteiger partial charge in [-0.3, -0.25) is 4.79 Å². The monoisotopic (exact) mass is 406 g/mol. The summed E-state index contributed by atoms with van der Waals surface area (Å²) in [7, 11) is 2.03. The van der Waals surface area contributed by atoms with Crippen molar-refractivity contribution in [1.82, 2.24) is 24.8 Å². The highest BCUT2D eigenvalue weighted by molar-refractivity contribution is 5.80. The largest absolute Gasteiger partial charge is 0.346 e. The third-order valence-corrected chi connectivity index (χ3v) is 5.78. The summed E-state index contributed by atoms with van der Waals surface area (Å²) in [6.07, 6.45) is 6.18. The molecule has 3 heterocycles. The van der Waals surface area contributed by atoms with Crippen LogP contribution in [0.4, 0.5) is 5.95 Å². The molecule has 0 bridgehead atoms. The first-order valence-electron chi connectivity index (χ1n) is 10.8. The Labute approximate surface area is 177 Å². The molecular weight excluding hydrogens is 376 g/mol. The number of amides is 1. The fourth-order valence-electron chi connectivity index (χ4n) is 4.29. The smallest absolute Gasteiger partial charge is 0.225 e. The summed E-state index contributed by atoms with van der Waals surface area (Å²) in [5, 5.41) is 3.32. The molecule has 1 saturated heterocycles. The molecule has 7 heteroatoms. The Morgan fingerprint density at radius 3 is 2.70 bits per heavy atom. The van der Waals surface area contributed by atoms with E-state index in [2.05, 4.69) is 44.7 Å². The van der Waals surface area contributed by atoms with Crippen LogP contribution in [0.2, 0.25) is 0 Å². The molecule has 0 saturated carbocycles. The molecular formula is C23H30N6O. The summed E-state index contributed by atoms with van der Waals surface area (Å²) >= 11 is 0. The van der Waals surface area contributed by atoms with Crippen LogP contribution < -0.4 is 10.2 Å². The van der Waals surface area contributed by atoms with Crippen LogP contribution in [0.25, 0.3) is 11.0 Å². The van der Waals surface area contributed by atoms with Gasteiger partial charge in [-0.15, -0.1) is 0 Å². The average molecular weight is 407 g/mol. The third-order valence-electron chi connectivity index (χ3n) is 5.78. The van der Waals surface area contributed by atoms with Gasteiger partial charge in [0.25, 0.3) is 0 Å². The van der Waals surface area contributed by atoms with Crippen molar-refractivity contribution < 1.29 is 4.79 Å². The molecule has 7 nitrogen and oxygen atoms in total. The first-order valence-corrected chi connectivity index (χ1v) is 10.8. The summed E-state index contributed by atoms with van der Waals surface area (Å²) in [6.45, 7) is 5.88. The number of anilines is 1. The van der Waals surface area contributed by atoms with Gasteiger partial charge in [0.2, 0.25) is 11.9 Å². The van der Waals surface area contributed by atoms with E-state index in [1.807, 2.05) is 31.3 Å². The number of aromatic nitrogens is 4. The summed E-state index contributed by atoms with van der Waals surface area (Å²) < 4.78 is 2.10. The van der Waals surface area contributed by atoms with Crippen LogP contribution in [-0.4, -0.2) is 38.5 Å². The maximum Gasteiger partial charge on any atom is 0.225 e. The van der Waals surface area contributed by atoms with E-state index in [0.717, 1.165) is 42.7 Å². The first-order chi connectivity index (χ1) is 14.5. The van der Waals surface area contributed by atoms with Gasteiger partial charge in [0.15, 0.2) is 0 Å². The molecule has 0 unspecified atom stereocenters. The number of para-hydroxylation sites is 2. The Morgan fingerprint density at radius 1 is 1.20 bits per heavy atom. The molecule has 0 radical (unpaired) electrons. The molecule has 30 heavy (non-hydrogen) atoms. The molecule has 1 aliphatic rings. The predicted octanol–water partition coefficient (Wildman–Crippen LogP) is 3.48. The molecule has 158 valence electrons. The fourth-order valence-corrected chi connectivity index (χ4v) is 4.29. The molecule has 0 aliphatic carbocycles. The maximum atomic E-state index is 13.3. The number of carbonyl (C=O) groups is 1. The van der Waals surface area contributed by atoms with Gasteiger partial charge in [-0.1, -0.05) is 26.0 Å². The lowest BCUT2D eigenvalue weighted by atomic mass is 9.96. The number of aryl methyl sites for hydroxylation is 1. The number of hydrogen-bond acceptors (Lipinski definition) is 5. The molecule has 4 rings (SSSR count). The summed E-state index contributed by atoms with van der Waals surface area (Å²) in [5.74, 6) is 2.07. The van der Waals surface area contributed by atoms with Crippen molar-refractivity contribution in [2.45, 2.75) is 39.2 Å². The van der Waals surface area contributed by atoms with Gasteiger partial charge in [0, 0.05) is 32.5 Å². The van der Waals surface area contributed by atoms with Crippen molar-refractivity contribution >= 4 is 22.9 Å². The molecule has 1 N–H and O–H groups in total. The zero-order valence-electron chi connectivity index (χ0n) is 18.0. The zero-order valence-corrected chi connectivity index (χ0v) is 18.0. The van der Waals surface area contributed by atoms with Crippen LogP contribution in [0.5, 0.6) is 0 Å². The minimum absolute atomic E-state index is 0.0769. The Hall–Kier alpha value is -2.96. The highest BCUT2D eigenvalue weighted by atomic mass is 16.2. The van der Waals surface area contributed by atoms with E-state index in [4.69, 9.17) is 4.98 Å². The molecule has 1 aromatic carbocycles. The highest BCUT2D eigenvalue weighted by Crippen LogP contribution is 2.26. The predicted molar refractivity (Wildman–Crippen MR) is 118 cm³/mol. The van der Waals surface area contributed by atoms with E-state index in [-0.39, 0.29) is 17.9 Å². The van der Waals surface area contributed by atoms with Crippen LogP contribution in [-0.2, 0) is 11.8 Å². The Balaban J connectivity index is 1.52. The van der Waals surface area contributed by atoms with Gasteiger partial charge in [-0.25, -0.2) is 15.0 Å². The topological polar surface area (TPSA) is 75.9 Å². The zero-order chi connectivity index (χ0) is 21.1. The van der Waals surface area contributed by atoms with E-state index < -0.39 is 0 Å². The second-order valence-electron chi connectivity index (χ2n) is 8.54. The summed E-state index contributed by atoms with van der Waals surface area (Å²) in [5.41, 5.74) is 2.05. The number of rotatable bonds is 6. The van der Waals surface area contributed by atoms with Crippen molar-refractivity contribution in [3.05, 3.63) is 48.5 Å². The fraction of sp³-hybridized carbons (Fsp3) is 0.478. The van der Waals surface area contributed by atoms with Crippen molar-refractivity contribution in [3.8, 4) is 0 Å². The molecule has 2 atom stereocenters. The standard InChI is InChI=1S/C23H30N6O/c1-16(2)14-19(21-26-18-9-4-5-10-20(18)28(21)3)27-22(30)17-8-6-13-29(15-17)23-24-11-7-12-25-23/h4-5,7,9-12,16-17,19H,6,8,13-15H2,1-3H3,(H,27,30)/t17-,19+/m1/s1. The van der Waals surface area contributed by atoms with E-state index >= 15 is 0 Å². The Bertz CT molecular complexity index is 999. The SMILES string of the molecule is CC(C)C[C@H](NC(=O)[C@@H]1CCCN(c2ncccn2)C1)c1nc2ccccc2n1C. The van der Waals surface area contributed by atoms with Crippen LogP contribution >= 0.6 is 0 Å². The third kappa shape index (κ3) is 4.30. The van der Waals surface area contributed by atoms with Crippen molar-refractivity contribution in [3.63, 3.8) is 0 Å². The van der Waals surface area contributed by atoms with Crippen LogP contribution in [0.3, 0.4) is 0 Å². The Morgan fingerprint density at radius 2 is 1.97 bits per heavy atom. The van der Waals surface area contributed by atoms with Gasteiger partial charge >= 0.3 is 0 Å². The molecule has 3 aromatic rings. The number of imidazole rings is 1.